The van der Waals surface area contributed by atoms with Crippen LogP contribution in [0.15, 0.2) is 43.9 Å². The van der Waals surface area contributed by atoms with Crippen molar-refractivity contribution in [2.24, 2.45) is 0 Å². The fourth-order valence-electron chi connectivity index (χ4n) is 2.43. The molecule has 0 aliphatic carbocycles. The summed E-state index contributed by atoms with van der Waals surface area (Å²) in [5.74, 6) is 0.268. The van der Waals surface area contributed by atoms with Gasteiger partial charge < -0.3 is 5.73 Å². The average Bonchev–Trinajstić information content (AvgIpc) is 2.89. The zero-order valence-electron chi connectivity index (χ0n) is 12.7. The van der Waals surface area contributed by atoms with Gasteiger partial charge in [-0.05, 0) is 42.7 Å². The largest absolute Gasteiger partial charge is 0.368 e. The minimum atomic E-state index is 0.268. The van der Waals surface area contributed by atoms with Crippen LogP contribution in [0.3, 0.4) is 0 Å². The van der Waals surface area contributed by atoms with Gasteiger partial charge in [-0.25, -0.2) is 14.5 Å². The number of rotatable bonds is 3. The highest BCUT2D eigenvalue weighted by Gasteiger charge is 2.11. The molecule has 110 valence electrons. The van der Waals surface area contributed by atoms with Crippen molar-refractivity contribution in [2.45, 2.75) is 13.8 Å². The number of pyridine rings is 1. The van der Waals surface area contributed by atoms with Gasteiger partial charge in [-0.2, -0.15) is 5.10 Å². The van der Waals surface area contributed by atoms with Crippen molar-refractivity contribution in [3.8, 4) is 0 Å². The molecule has 5 nitrogen and oxygen atoms in total. The van der Waals surface area contributed by atoms with Crippen molar-refractivity contribution < 1.29 is 0 Å². The molecule has 0 bridgehead atoms. The lowest BCUT2D eigenvalue weighted by atomic mass is 9.99. The predicted molar refractivity (Wildman–Crippen MR) is 89.2 cm³/mol. The summed E-state index contributed by atoms with van der Waals surface area (Å²) in [4.78, 5) is 8.25. The molecule has 0 saturated heterocycles. The van der Waals surface area contributed by atoms with E-state index in [1.807, 2.05) is 36.8 Å². The van der Waals surface area contributed by atoms with Crippen LogP contribution in [0.1, 0.15) is 29.3 Å². The Morgan fingerprint density at radius 3 is 2.68 bits per heavy atom. The Morgan fingerprint density at radius 1 is 1.23 bits per heavy atom. The third-order valence-corrected chi connectivity index (χ3v) is 3.65. The minimum Gasteiger partial charge on any atom is -0.368 e. The summed E-state index contributed by atoms with van der Waals surface area (Å²) in [5, 5.41) is 4.33. The molecule has 0 aliphatic heterocycles. The molecule has 0 amide bonds. The van der Waals surface area contributed by atoms with Gasteiger partial charge in [0.05, 0.1) is 17.4 Å². The minimum absolute atomic E-state index is 0.268. The van der Waals surface area contributed by atoms with Crippen molar-refractivity contribution in [1.82, 2.24) is 19.6 Å². The average molecular weight is 291 g/mol. The van der Waals surface area contributed by atoms with Crippen LogP contribution in [0.2, 0.25) is 0 Å². The van der Waals surface area contributed by atoms with E-state index >= 15 is 0 Å². The molecule has 0 aliphatic rings. The molecule has 3 aromatic heterocycles. The number of aromatic nitrogens is 4. The van der Waals surface area contributed by atoms with E-state index in [9.17, 15) is 0 Å². The van der Waals surface area contributed by atoms with E-state index in [0.717, 1.165) is 39.0 Å². The first-order chi connectivity index (χ1) is 10.5. The van der Waals surface area contributed by atoms with Crippen LogP contribution in [0.25, 0.3) is 16.7 Å². The molecular formula is C17H17N5. The number of nitrogens with zero attached hydrogens (tertiary/aromatic N) is 4. The van der Waals surface area contributed by atoms with E-state index in [1.165, 1.54) is 0 Å². The molecule has 3 heterocycles. The standard InChI is InChI=1S/C17H17N5/c1-10(2)14-9-20-22-6-5-13(7-16(14)22)11(3)15-8-19-17(18)21-12(15)4/h5-9H,1,3H2,2,4H3,(H2,18,19,21). The third kappa shape index (κ3) is 2.26. The van der Waals surface area contributed by atoms with E-state index in [-0.39, 0.29) is 5.95 Å². The van der Waals surface area contributed by atoms with Crippen LogP contribution < -0.4 is 5.73 Å². The molecule has 2 N–H and O–H groups in total. The van der Waals surface area contributed by atoms with E-state index < -0.39 is 0 Å². The number of hydrogen-bond acceptors (Lipinski definition) is 4. The topological polar surface area (TPSA) is 69.1 Å². The van der Waals surface area contributed by atoms with Gasteiger partial charge >= 0.3 is 0 Å². The van der Waals surface area contributed by atoms with Crippen LogP contribution in [-0.2, 0) is 0 Å². The molecule has 3 rings (SSSR count). The first kappa shape index (κ1) is 14.0. The highest BCUT2D eigenvalue weighted by atomic mass is 15.2. The summed E-state index contributed by atoms with van der Waals surface area (Å²) < 4.78 is 1.83. The van der Waals surface area contributed by atoms with Crippen molar-refractivity contribution in [3.05, 3.63) is 66.3 Å². The summed E-state index contributed by atoms with van der Waals surface area (Å²) in [5.41, 5.74) is 12.2. The van der Waals surface area contributed by atoms with E-state index in [2.05, 4.69) is 34.3 Å². The number of anilines is 1. The normalized spacial score (nSPS) is 10.8. The highest BCUT2D eigenvalue weighted by molar-refractivity contribution is 5.83. The first-order valence-electron chi connectivity index (χ1n) is 6.89. The lowest BCUT2D eigenvalue weighted by Crippen LogP contribution is -2.01. The number of nitrogen functional groups attached to an aromatic ring is 1. The number of fused-ring (bicyclic) bond motifs is 1. The molecule has 0 radical (unpaired) electrons. The Bertz CT molecular complexity index is 905. The van der Waals surface area contributed by atoms with Gasteiger partial charge in [0.15, 0.2) is 0 Å². The zero-order chi connectivity index (χ0) is 15.9. The SMILES string of the molecule is C=C(c1ccn2ncc(C(=C)C)c2c1)c1cnc(N)nc1C. The van der Waals surface area contributed by atoms with E-state index in [4.69, 9.17) is 5.73 Å². The maximum absolute atomic E-state index is 5.61. The Morgan fingerprint density at radius 2 is 2.00 bits per heavy atom. The van der Waals surface area contributed by atoms with Crippen LogP contribution >= 0.6 is 0 Å². The van der Waals surface area contributed by atoms with Gasteiger partial charge in [0.25, 0.3) is 0 Å². The summed E-state index contributed by atoms with van der Waals surface area (Å²) in [6.45, 7) is 12.0. The van der Waals surface area contributed by atoms with E-state index in [0.29, 0.717) is 0 Å². The zero-order valence-corrected chi connectivity index (χ0v) is 12.7. The molecule has 22 heavy (non-hydrogen) atoms. The Kier molecular flexibility index (Phi) is 3.25. The van der Waals surface area contributed by atoms with Gasteiger partial charge in [0.1, 0.15) is 0 Å². The third-order valence-electron chi connectivity index (χ3n) is 3.65. The van der Waals surface area contributed by atoms with Crippen molar-refractivity contribution in [3.63, 3.8) is 0 Å². The Balaban J connectivity index is 2.11. The van der Waals surface area contributed by atoms with Gasteiger partial charge in [-0.1, -0.05) is 13.2 Å². The van der Waals surface area contributed by atoms with Crippen molar-refractivity contribution in [2.75, 3.05) is 5.73 Å². The van der Waals surface area contributed by atoms with Crippen molar-refractivity contribution >= 4 is 22.6 Å². The van der Waals surface area contributed by atoms with Crippen LogP contribution in [-0.4, -0.2) is 19.6 Å². The second-order valence-corrected chi connectivity index (χ2v) is 5.29. The summed E-state index contributed by atoms with van der Waals surface area (Å²) in [7, 11) is 0. The molecule has 0 aromatic carbocycles. The van der Waals surface area contributed by atoms with Gasteiger partial charge in [0, 0.05) is 23.5 Å². The summed E-state index contributed by atoms with van der Waals surface area (Å²) in [6.07, 6.45) is 5.44. The van der Waals surface area contributed by atoms with Gasteiger partial charge in [-0.3, -0.25) is 0 Å². The maximum atomic E-state index is 5.61. The molecule has 5 heteroatoms. The first-order valence-corrected chi connectivity index (χ1v) is 6.89. The molecule has 3 aromatic rings. The second-order valence-electron chi connectivity index (χ2n) is 5.29. The van der Waals surface area contributed by atoms with Crippen LogP contribution in [0.4, 0.5) is 5.95 Å². The fourth-order valence-corrected chi connectivity index (χ4v) is 2.43. The summed E-state index contributed by atoms with van der Waals surface area (Å²) in [6, 6.07) is 4.02. The smallest absolute Gasteiger partial charge is 0.220 e. The quantitative estimate of drug-likeness (QED) is 0.805. The van der Waals surface area contributed by atoms with Crippen LogP contribution in [0.5, 0.6) is 0 Å². The molecule has 0 saturated carbocycles. The lowest BCUT2D eigenvalue weighted by molar-refractivity contribution is 0.960. The molecule has 0 spiro atoms. The molecule has 0 fully saturated rings. The monoisotopic (exact) mass is 291 g/mol. The van der Waals surface area contributed by atoms with Gasteiger partial charge in [-0.15, -0.1) is 0 Å². The van der Waals surface area contributed by atoms with Crippen molar-refractivity contribution in [1.29, 1.82) is 0 Å². The number of nitrogens with two attached hydrogens (primary N) is 1. The maximum Gasteiger partial charge on any atom is 0.220 e. The Labute approximate surface area is 128 Å². The Hall–Kier alpha value is -2.95. The fraction of sp³-hybridized carbons (Fsp3) is 0.118. The number of aryl methyl sites for hydroxylation is 1. The predicted octanol–water partition coefficient (Wildman–Crippen LogP) is 3.11. The lowest BCUT2D eigenvalue weighted by Gasteiger charge is -2.10. The number of allylic oxidation sites excluding steroid dienone is 1. The van der Waals surface area contributed by atoms with Gasteiger partial charge in [0.2, 0.25) is 5.95 Å². The second kappa shape index (κ2) is 5.11. The summed E-state index contributed by atoms with van der Waals surface area (Å²) >= 11 is 0. The molecule has 0 atom stereocenters. The van der Waals surface area contributed by atoms with Crippen LogP contribution in [0, 0.1) is 6.92 Å². The highest BCUT2D eigenvalue weighted by Crippen LogP contribution is 2.26. The van der Waals surface area contributed by atoms with E-state index in [1.54, 1.807) is 6.20 Å². The number of hydrogen-bond donors (Lipinski definition) is 1. The molecular weight excluding hydrogens is 274 g/mol. The molecule has 0 unspecified atom stereocenters.